The molecule has 2 heterocycles. The van der Waals surface area contributed by atoms with Crippen molar-refractivity contribution in [1.29, 1.82) is 0 Å². The third-order valence-corrected chi connectivity index (χ3v) is 6.08. The number of halogens is 1. The van der Waals surface area contributed by atoms with Crippen LogP contribution >= 0.6 is 11.8 Å². The zero-order valence-electron chi connectivity index (χ0n) is 16.9. The van der Waals surface area contributed by atoms with E-state index in [1.165, 1.54) is 23.9 Å². The van der Waals surface area contributed by atoms with Gasteiger partial charge in [-0.25, -0.2) is 4.39 Å². The number of hydrogen-bond acceptors (Lipinski definition) is 5. The minimum atomic E-state index is -0.258. The van der Waals surface area contributed by atoms with Gasteiger partial charge in [0.1, 0.15) is 5.82 Å². The Bertz CT molecular complexity index is 1220. The Balaban J connectivity index is 1.77. The predicted molar refractivity (Wildman–Crippen MR) is 117 cm³/mol. The number of aromatic nitrogens is 4. The van der Waals surface area contributed by atoms with E-state index >= 15 is 0 Å². The molecule has 6 nitrogen and oxygen atoms in total. The fourth-order valence-electron chi connectivity index (χ4n) is 3.44. The molecule has 0 saturated carbocycles. The van der Waals surface area contributed by atoms with Crippen LogP contribution in [0.25, 0.3) is 16.7 Å². The van der Waals surface area contributed by atoms with Crippen LogP contribution in [0.15, 0.2) is 58.5 Å². The average Bonchev–Trinajstić information content (AvgIpc) is 3.17. The molecule has 0 saturated heterocycles. The summed E-state index contributed by atoms with van der Waals surface area (Å²) < 4.78 is 22.3. The maximum atomic E-state index is 13.3. The quantitative estimate of drug-likeness (QED) is 0.307. The summed E-state index contributed by atoms with van der Waals surface area (Å²) in [6, 6.07) is 14.0. The standard InChI is InChI=1S/C22H23FN4O2S/c1-3-29-14-6-13-26-20(28)18-7-4-5-8-19(18)27-21(26)24-25-22(27)30-15(2)16-9-11-17(23)12-10-16/h4-5,7-12,15H,3,6,13-14H2,1-2H3. The van der Waals surface area contributed by atoms with Crippen molar-refractivity contribution >= 4 is 28.4 Å². The van der Waals surface area contributed by atoms with Gasteiger partial charge in [-0.3, -0.25) is 13.8 Å². The molecule has 4 rings (SSSR count). The Hall–Kier alpha value is -2.71. The van der Waals surface area contributed by atoms with Gasteiger partial charge in [0.25, 0.3) is 5.56 Å². The van der Waals surface area contributed by atoms with Gasteiger partial charge in [-0.15, -0.1) is 10.2 Å². The summed E-state index contributed by atoms with van der Waals surface area (Å²) in [7, 11) is 0. The maximum absolute atomic E-state index is 13.3. The molecule has 1 unspecified atom stereocenters. The lowest BCUT2D eigenvalue weighted by molar-refractivity contribution is 0.141. The summed E-state index contributed by atoms with van der Waals surface area (Å²) in [6.07, 6.45) is 0.711. The van der Waals surface area contributed by atoms with Gasteiger partial charge in [0.2, 0.25) is 5.78 Å². The van der Waals surface area contributed by atoms with Crippen molar-refractivity contribution in [2.24, 2.45) is 0 Å². The second kappa shape index (κ2) is 8.97. The van der Waals surface area contributed by atoms with Crippen LogP contribution in [-0.2, 0) is 11.3 Å². The van der Waals surface area contributed by atoms with Gasteiger partial charge in [-0.1, -0.05) is 36.0 Å². The van der Waals surface area contributed by atoms with E-state index < -0.39 is 0 Å². The molecule has 2 aromatic heterocycles. The first-order chi connectivity index (χ1) is 14.6. The molecule has 0 spiro atoms. The van der Waals surface area contributed by atoms with Gasteiger partial charge < -0.3 is 4.74 Å². The smallest absolute Gasteiger partial charge is 0.262 e. The van der Waals surface area contributed by atoms with E-state index in [0.29, 0.717) is 42.5 Å². The molecule has 0 aliphatic rings. The Morgan fingerprint density at radius 1 is 1.13 bits per heavy atom. The summed E-state index contributed by atoms with van der Waals surface area (Å²) in [5.74, 6) is 0.259. The summed E-state index contributed by atoms with van der Waals surface area (Å²) in [5.41, 5.74) is 1.69. The van der Waals surface area contributed by atoms with E-state index in [1.54, 1.807) is 16.7 Å². The highest BCUT2D eigenvalue weighted by Crippen LogP contribution is 2.34. The van der Waals surface area contributed by atoms with Crippen molar-refractivity contribution in [1.82, 2.24) is 19.2 Å². The van der Waals surface area contributed by atoms with Crippen molar-refractivity contribution in [2.75, 3.05) is 13.2 Å². The van der Waals surface area contributed by atoms with E-state index in [1.807, 2.05) is 42.5 Å². The Morgan fingerprint density at radius 2 is 1.90 bits per heavy atom. The van der Waals surface area contributed by atoms with Crippen LogP contribution in [0.1, 0.15) is 31.1 Å². The number of benzene rings is 2. The normalized spacial score (nSPS) is 12.6. The lowest BCUT2D eigenvalue weighted by atomic mass is 10.2. The molecule has 4 aromatic rings. The second-order valence-corrected chi connectivity index (χ2v) is 8.26. The lowest BCUT2D eigenvalue weighted by Crippen LogP contribution is -2.24. The third-order valence-electron chi connectivity index (χ3n) is 4.97. The van der Waals surface area contributed by atoms with Gasteiger partial charge in [0.05, 0.1) is 10.9 Å². The Labute approximate surface area is 177 Å². The monoisotopic (exact) mass is 426 g/mol. The number of fused-ring (bicyclic) bond motifs is 3. The Kier molecular flexibility index (Phi) is 6.15. The largest absolute Gasteiger partial charge is 0.382 e. The summed E-state index contributed by atoms with van der Waals surface area (Å²) in [4.78, 5) is 13.1. The van der Waals surface area contributed by atoms with Crippen LogP contribution in [-0.4, -0.2) is 32.4 Å². The highest BCUT2D eigenvalue weighted by molar-refractivity contribution is 7.99. The van der Waals surface area contributed by atoms with Gasteiger partial charge >= 0.3 is 0 Å². The molecule has 1 atom stereocenters. The fraction of sp³-hybridized carbons (Fsp3) is 0.318. The van der Waals surface area contributed by atoms with Gasteiger partial charge in [0.15, 0.2) is 5.16 Å². The third kappa shape index (κ3) is 3.97. The van der Waals surface area contributed by atoms with E-state index in [0.717, 1.165) is 11.1 Å². The minimum absolute atomic E-state index is 0.0371. The van der Waals surface area contributed by atoms with E-state index in [9.17, 15) is 9.18 Å². The van der Waals surface area contributed by atoms with Crippen LogP contribution in [0.2, 0.25) is 0 Å². The summed E-state index contributed by atoms with van der Waals surface area (Å²) >= 11 is 1.53. The van der Waals surface area contributed by atoms with Crippen LogP contribution in [0.4, 0.5) is 4.39 Å². The number of aryl methyl sites for hydroxylation is 1. The number of nitrogens with zero attached hydrogens (tertiary/aromatic N) is 4. The number of thioether (sulfide) groups is 1. The summed E-state index contributed by atoms with van der Waals surface area (Å²) in [5, 5.41) is 10.1. The predicted octanol–water partition coefficient (Wildman–Crippen LogP) is 4.46. The molecule has 30 heavy (non-hydrogen) atoms. The number of rotatable bonds is 8. The topological polar surface area (TPSA) is 61.4 Å². The average molecular weight is 427 g/mol. The van der Waals surface area contributed by atoms with E-state index in [-0.39, 0.29) is 16.6 Å². The molecular formula is C22H23FN4O2S. The van der Waals surface area contributed by atoms with Crippen molar-refractivity contribution < 1.29 is 9.13 Å². The molecule has 0 aliphatic carbocycles. The fourth-order valence-corrected chi connectivity index (χ4v) is 4.42. The highest BCUT2D eigenvalue weighted by atomic mass is 32.2. The molecule has 0 amide bonds. The number of para-hydroxylation sites is 1. The number of hydrogen-bond donors (Lipinski definition) is 0. The number of ether oxygens (including phenoxy) is 1. The molecular weight excluding hydrogens is 403 g/mol. The maximum Gasteiger partial charge on any atom is 0.262 e. The molecule has 0 fully saturated rings. The first kappa shape index (κ1) is 20.6. The molecule has 2 aromatic carbocycles. The summed E-state index contributed by atoms with van der Waals surface area (Å²) in [6.45, 7) is 5.72. The highest BCUT2D eigenvalue weighted by Gasteiger charge is 2.19. The zero-order chi connectivity index (χ0) is 21.1. The van der Waals surface area contributed by atoms with E-state index in [4.69, 9.17) is 4.74 Å². The van der Waals surface area contributed by atoms with Gasteiger partial charge in [0, 0.05) is 25.0 Å². The van der Waals surface area contributed by atoms with Crippen molar-refractivity contribution in [3.63, 3.8) is 0 Å². The SMILES string of the molecule is CCOCCCn1c(=O)c2ccccc2n2c(SC(C)c3ccc(F)cc3)nnc12. The zero-order valence-corrected chi connectivity index (χ0v) is 17.7. The molecule has 156 valence electrons. The van der Waals surface area contributed by atoms with E-state index in [2.05, 4.69) is 10.2 Å². The molecule has 8 heteroatoms. The first-order valence-electron chi connectivity index (χ1n) is 9.96. The Morgan fingerprint density at radius 3 is 2.67 bits per heavy atom. The van der Waals surface area contributed by atoms with Crippen molar-refractivity contribution in [3.05, 3.63) is 70.3 Å². The van der Waals surface area contributed by atoms with Crippen molar-refractivity contribution in [2.45, 2.75) is 37.2 Å². The second-order valence-electron chi connectivity index (χ2n) is 6.95. The van der Waals surface area contributed by atoms with Crippen LogP contribution in [0.5, 0.6) is 0 Å². The first-order valence-corrected chi connectivity index (χ1v) is 10.8. The molecule has 0 aliphatic heterocycles. The van der Waals surface area contributed by atoms with Gasteiger partial charge in [-0.05, 0) is 50.1 Å². The van der Waals surface area contributed by atoms with Crippen LogP contribution in [0, 0.1) is 5.82 Å². The molecule has 0 N–H and O–H groups in total. The van der Waals surface area contributed by atoms with Crippen LogP contribution < -0.4 is 5.56 Å². The van der Waals surface area contributed by atoms with Crippen LogP contribution in [0.3, 0.4) is 0 Å². The molecule has 0 radical (unpaired) electrons. The molecule has 0 bridgehead atoms. The van der Waals surface area contributed by atoms with Crippen molar-refractivity contribution in [3.8, 4) is 0 Å². The van der Waals surface area contributed by atoms with Gasteiger partial charge in [-0.2, -0.15) is 0 Å². The lowest BCUT2D eigenvalue weighted by Gasteiger charge is -2.13. The minimum Gasteiger partial charge on any atom is -0.382 e.